The molecule has 0 atom stereocenters. The van der Waals surface area contributed by atoms with Crippen molar-refractivity contribution < 1.29 is 22.4 Å². The Balaban J connectivity index is 1.53. The second kappa shape index (κ2) is 9.96. The van der Waals surface area contributed by atoms with Crippen LogP contribution in [0.2, 0.25) is 0 Å². The van der Waals surface area contributed by atoms with Gasteiger partial charge < -0.3 is 16.0 Å². The lowest BCUT2D eigenvalue weighted by molar-refractivity contribution is -0.131. The van der Waals surface area contributed by atoms with E-state index in [-0.39, 0.29) is 24.3 Å². The van der Waals surface area contributed by atoms with Crippen molar-refractivity contribution in [1.82, 2.24) is 19.9 Å². The summed E-state index contributed by atoms with van der Waals surface area (Å²) in [7, 11) is 0. The third-order valence-electron chi connectivity index (χ3n) is 6.33. The van der Waals surface area contributed by atoms with E-state index < -0.39 is 18.4 Å². The predicted molar refractivity (Wildman–Crippen MR) is 137 cm³/mol. The quantitative estimate of drug-likeness (QED) is 0.240. The number of nitrogens with one attached hydrogen (secondary N) is 3. The van der Waals surface area contributed by atoms with Crippen molar-refractivity contribution in [2.45, 2.75) is 45.3 Å². The number of benzene rings is 2. The van der Waals surface area contributed by atoms with E-state index in [1.54, 1.807) is 37.4 Å². The van der Waals surface area contributed by atoms with E-state index in [0.29, 0.717) is 28.3 Å². The largest absolute Gasteiger partial charge is 0.390 e. The van der Waals surface area contributed by atoms with Gasteiger partial charge in [0, 0.05) is 35.5 Å². The average molecular weight is 527 g/mol. The molecule has 5 rings (SSSR count). The smallest absolute Gasteiger partial charge is 0.382 e. The molecular formula is C27H26F4N6O. The van der Waals surface area contributed by atoms with Gasteiger partial charge in [0.05, 0.1) is 24.0 Å². The van der Waals surface area contributed by atoms with Gasteiger partial charge in [0.25, 0.3) is 5.91 Å². The van der Waals surface area contributed by atoms with E-state index in [1.807, 2.05) is 13.0 Å². The first kappa shape index (κ1) is 25.5. The molecule has 1 aliphatic carbocycles. The van der Waals surface area contributed by atoms with E-state index in [1.165, 1.54) is 16.6 Å². The van der Waals surface area contributed by atoms with Gasteiger partial charge in [-0.15, -0.1) is 5.10 Å². The minimum atomic E-state index is -4.32. The third kappa shape index (κ3) is 5.71. The number of rotatable bonds is 8. The van der Waals surface area contributed by atoms with Gasteiger partial charge in [-0.05, 0) is 62.1 Å². The molecule has 4 aromatic rings. The zero-order chi connectivity index (χ0) is 27.0. The molecule has 1 fully saturated rings. The molecule has 2 aromatic carbocycles. The molecule has 1 saturated carbocycles. The molecule has 2 aromatic heterocycles. The standard InChI is InChI=1S/C27H26F4N6O/c1-15-3-5-18(28)12-21(15)35-24-13-22(32-10-9-27(29,30)31)25-33-14-23(37(25)36-24)17-4-8-20(16(2)11-17)26(38)34-19-6-7-19/h3-5,8,11-14,19,32H,6-7,9-10H2,1-2H3,(H,34,38)(H,35,36). The number of anilines is 3. The number of fused-ring (bicyclic) bond motifs is 1. The molecule has 7 nitrogen and oxygen atoms in total. The SMILES string of the molecule is Cc1ccc(F)cc1Nc1cc(NCCC(F)(F)F)c2ncc(-c3ccc(C(=O)NC4CC4)c(C)c3)n2n1. The highest BCUT2D eigenvalue weighted by Crippen LogP contribution is 2.30. The van der Waals surface area contributed by atoms with Gasteiger partial charge in [0.2, 0.25) is 0 Å². The average Bonchev–Trinajstić information content (AvgIpc) is 3.55. The Morgan fingerprint density at radius 2 is 1.84 bits per heavy atom. The summed E-state index contributed by atoms with van der Waals surface area (Å²) in [5, 5.41) is 13.5. The van der Waals surface area contributed by atoms with E-state index >= 15 is 0 Å². The summed E-state index contributed by atoms with van der Waals surface area (Å²) in [6.07, 6.45) is -1.79. The van der Waals surface area contributed by atoms with Crippen LogP contribution >= 0.6 is 0 Å². The van der Waals surface area contributed by atoms with Crippen LogP contribution in [0.25, 0.3) is 16.9 Å². The first-order valence-electron chi connectivity index (χ1n) is 12.2. The lowest BCUT2D eigenvalue weighted by Crippen LogP contribution is -2.26. The molecule has 0 aliphatic heterocycles. The number of hydrogen-bond acceptors (Lipinski definition) is 5. The van der Waals surface area contributed by atoms with Gasteiger partial charge >= 0.3 is 6.18 Å². The van der Waals surface area contributed by atoms with E-state index in [0.717, 1.165) is 29.5 Å². The predicted octanol–water partition coefficient (Wildman–Crippen LogP) is 6.15. The molecule has 0 radical (unpaired) electrons. The molecule has 0 saturated heterocycles. The molecule has 0 bridgehead atoms. The van der Waals surface area contributed by atoms with Gasteiger partial charge in [-0.3, -0.25) is 4.79 Å². The Hall–Kier alpha value is -4.15. The maximum Gasteiger partial charge on any atom is 0.390 e. The van der Waals surface area contributed by atoms with E-state index in [2.05, 4.69) is 26.0 Å². The van der Waals surface area contributed by atoms with Crippen LogP contribution in [-0.4, -0.2) is 39.3 Å². The fraction of sp³-hybridized carbons (Fsp3) is 0.296. The monoisotopic (exact) mass is 526 g/mol. The van der Waals surface area contributed by atoms with Gasteiger partial charge in [-0.25, -0.2) is 13.9 Å². The lowest BCUT2D eigenvalue weighted by Gasteiger charge is -2.14. The second-order valence-electron chi connectivity index (χ2n) is 9.48. The van der Waals surface area contributed by atoms with Crippen molar-refractivity contribution >= 4 is 28.7 Å². The molecule has 0 spiro atoms. The van der Waals surface area contributed by atoms with Crippen molar-refractivity contribution in [2.75, 3.05) is 17.2 Å². The summed E-state index contributed by atoms with van der Waals surface area (Å²) in [4.78, 5) is 17.0. The first-order valence-corrected chi connectivity index (χ1v) is 12.2. The highest BCUT2D eigenvalue weighted by atomic mass is 19.4. The lowest BCUT2D eigenvalue weighted by atomic mass is 10.0. The number of hydrogen-bond donors (Lipinski definition) is 3. The fourth-order valence-electron chi connectivity index (χ4n) is 4.13. The number of carbonyl (C=O) groups is 1. The Kier molecular flexibility index (Phi) is 6.68. The van der Waals surface area contributed by atoms with E-state index in [9.17, 15) is 22.4 Å². The summed E-state index contributed by atoms with van der Waals surface area (Å²) >= 11 is 0. The molecule has 0 unspecified atom stereocenters. The van der Waals surface area contributed by atoms with Crippen molar-refractivity contribution in [2.24, 2.45) is 0 Å². The normalized spacial score (nSPS) is 13.5. The van der Waals surface area contributed by atoms with Crippen LogP contribution in [0.3, 0.4) is 0 Å². The third-order valence-corrected chi connectivity index (χ3v) is 6.33. The zero-order valence-electron chi connectivity index (χ0n) is 20.8. The number of amides is 1. The summed E-state index contributed by atoms with van der Waals surface area (Å²) in [6.45, 7) is 3.29. The van der Waals surface area contributed by atoms with Gasteiger partial charge in [0.1, 0.15) is 5.82 Å². The number of aryl methyl sites for hydroxylation is 2. The highest BCUT2D eigenvalue weighted by molar-refractivity contribution is 5.96. The topological polar surface area (TPSA) is 83.3 Å². The van der Waals surface area contributed by atoms with Gasteiger partial charge in [-0.1, -0.05) is 12.1 Å². The molecule has 11 heteroatoms. The van der Waals surface area contributed by atoms with Crippen LogP contribution in [0, 0.1) is 19.7 Å². The Bertz CT molecular complexity index is 1510. The molecule has 3 N–H and O–H groups in total. The van der Waals surface area contributed by atoms with E-state index in [4.69, 9.17) is 0 Å². The van der Waals surface area contributed by atoms with Gasteiger partial charge in [0.15, 0.2) is 11.5 Å². The summed E-state index contributed by atoms with van der Waals surface area (Å²) in [5.41, 5.74) is 4.55. The molecular weight excluding hydrogens is 500 g/mol. The van der Waals surface area contributed by atoms with Crippen molar-refractivity contribution in [3.8, 4) is 11.3 Å². The number of carbonyl (C=O) groups excluding carboxylic acids is 1. The maximum atomic E-state index is 13.9. The molecule has 2 heterocycles. The molecule has 38 heavy (non-hydrogen) atoms. The van der Waals surface area contributed by atoms with Crippen molar-refractivity contribution in [3.05, 3.63) is 71.2 Å². The Morgan fingerprint density at radius 1 is 1.05 bits per heavy atom. The number of halogens is 4. The Morgan fingerprint density at radius 3 is 2.55 bits per heavy atom. The highest BCUT2D eigenvalue weighted by Gasteiger charge is 2.27. The van der Waals surface area contributed by atoms with Crippen LogP contribution in [-0.2, 0) is 0 Å². The van der Waals surface area contributed by atoms with Gasteiger partial charge in [-0.2, -0.15) is 13.2 Å². The number of aromatic nitrogens is 3. The van der Waals surface area contributed by atoms with Crippen LogP contribution in [0.5, 0.6) is 0 Å². The number of nitrogens with zero attached hydrogens (tertiary/aromatic N) is 3. The maximum absolute atomic E-state index is 13.9. The fourth-order valence-corrected chi connectivity index (χ4v) is 4.13. The summed E-state index contributed by atoms with van der Waals surface area (Å²) in [6, 6.07) is 11.4. The minimum Gasteiger partial charge on any atom is -0.382 e. The van der Waals surface area contributed by atoms with Crippen LogP contribution in [0.15, 0.2) is 48.7 Å². The number of imidazole rings is 1. The summed E-state index contributed by atoms with van der Waals surface area (Å²) < 4.78 is 53.8. The second-order valence-corrected chi connectivity index (χ2v) is 9.48. The summed E-state index contributed by atoms with van der Waals surface area (Å²) in [5.74, 6) is -0.273. The molecule has 198 valence electrons. The Labute approximate surface area is 216 Å². The number of alkyl halides is 3. The van der Waals surface area contributed by atoms with Crippen LogP contribution in [0.4, 0.5) is 34.8 Å². The van der Waals surface area contributed by atoms with Crippen molar-refractivity contribution in [1.29, 1.82) is 0 Å². The first-order chi connectivity index (χ1) is 18.1. The van der Waals surface area contributed by atoms with Crippen LogP contribution in [0.1, 0.15) is 40.7 Å². The molecule has 1 amide bonds. The molecule has 1 aliphatic rings. The van der Waals surface area contributed by atoms with Crippen molar-refractivity contribution in [3.63, 3.8) is 0 Å². The zero-order valence-corrected chi connectivity index (χ0v) is 20.8. The van der Waals surface area contributed by atoms with Crippen LogP contribution < -0.4 is 16.0 Å². The minimum absolute atomic E-state index is 0.124.